The van der Waals surface area contributed by atoms with E-state index in [1.54, 1.807) is 24.4 Å². The minimum absolute atomic E-state index is 0. The first kappa shape index (κ1) is 22.4. The number of fused-ring (bicyclic) bond motifs is 1. The molecule has 3 heterocycles. The van der Waals surface area contributed by atoms with Crippen molar-refractivity contribution in [1.29, 1.82) is 5.26 Å². The minimum atomic E-state index is 0. The van der Waals surface area contributed by atoms with Crippen molar-refractivity contribution in [2.24, 2.45) is 5.73 Å². The molecule has 10 heteroatoms. The Kier molecular flexibility index (Phi) is 7.40. The lowest BCUT2D eigenvalue weighted by molar-refractivity contribution is 0.504. The molecule has 0 aliphatic carbocycles. The van der Waals surface area contributed by atoms with Crippen LogP contribution in [0.5, 0.6) is 0 Å². The largest absolute Gasteiger partial charge is 0.399 e. The number of nitrogens with zero attached hydrogens (tertiary/aromatic N) is 5. The summed E-state index contributed by atoms with van der Waals surface area (Å²) >= 11 is 0. The first-order valence-electron chi connectivity index (χ1n) is 8.83. The Labute approximate surface area is 181 Å². The molecule has 0 saturated carbocycles. The van der Waals surface area contributed by atoms with Crippen LogP contribution >= 0.6 is 24.8 Å². The Morgan fingerprint density at radius 2 is 2.03 bits per heavy atom. The number of nitrogen functional groups attached to an aromatic ring is 1. The van der Waals surface area contributed by atoms with Crippen molar-refractivity contribution in [2.45, 2.75) is 18.9 Å². The highest BCUT2D eigenvalue weighted by Gasteiger charge is 2.21. The molecule has 3 aromatic rings. The summed E-state index contributed by atoms with van der Waals surface area (Å²) in [4.78, 5) is 15.9. The van der Waals surface area contributed by atoms with E-state index in [0.29, 0.717) is 22.9 Å². The fraction of sp³-hybridized carbons (Fsp3) is 0.263. The molecule has 1 aliphatic heterocycles. The van der Waals surface area contributed by atoms with Crippen molar-refractivity contribution in [2.75, 3.05) is 29.0 Å². The fourth-order valence-electron chi connectivity index (χ4n) is 3.35. The summed E-state index contributed by atoms with van der Waals surface area (Å²) in [6.45, 7) is 1.62. The van der Waals surface area contributed by atoms with E-state index in [-0.39, 0.29) is 30.9 Å². The molecule has 0 spiro atoms. The highest BCUT2D eigenvalue weighted by molar-refractivity contribution is 5.87. The average molecular weight is 433 g/mol. The van der Waals surface area contributed by atoms with Gasteiger partial charge in [0.05, 0.1) is 17.1 Å². The van der Waals surface area contributed by atoms with Gasteiger partial charge in [0.1, 0.15) is 5.52 Å². The summed E-state index contributed by atoms with van der Waals surface area (Å²) in [6, 6.07) is 11.0. The monoisotopic (exact) mass is 432 g/mol. The predicted octanol–water partition coefficient (Wildman–Crippen LogP) is 2.99. The number of hydrogen-bond donors (Lipinski definition) is 3. The maximum absolute atomic E-state index is 9.14. The average Bonchev–Trinajstić information content (AvgIpc) is 2.67. The van der Waals surface area contributed by atoms with Crippen molar-refractivity contribution >= 4 is 59.0 Å². The molecule has 0 bridgehead atoms. The van der Waals surface area contributed by atoms with Gasteiger partial charge < -0.3 is 21.7 Å². The molecular weight excluding hydrogens is 411 g/mol. The number of rotatable bonds is 3. The molecule has 8 nitrogen and oxygen atoms in total. The molecule has 1 atom stereocenters. The van der Waals surface area contributed by atoms with Gasteiger partial charge in [-0.3, -0.25) is 4.98 Å². The lowest BCUT2D eigenvalue weighted by Gasteiger charge is -2.32. The van der Waals surface area contributed by atoms with Gasteiger partial charge in [-0.15, -0.1) is 24.8 Å². The standard InChI is InChI=1S/C19H20N8.2ClH/c20-10-12-7-14(22)9-15(8-12)24-19-25-16-4-1-5-23-17(16)18(26-19)27-6-2-3-13(21)11-27;;/h1,4-5,7-9,13H,2-3,6,11,21-22H2,(H,24,25,26);2*1H. The van der Waals surface area contributed by atoms with Crippen molar-refractivity contribution in [3.63, 3.8) is 0 Å². The molecular formula is C19H22Cl2N8. The second-order valence-corrected chi connectivity index (χ2v) is 6.67. The number of aromatic nitrogens is 3. The molecule has 1 fully saturated rings. The quantitative estimate of drug-likeness (QED) is 0.538. The zero-order chi connectivity index (χ0) is 18.8. The van der Waals surface area contributed by atoms with Gasteiger partial charge in [-0.1, -0.05) is 0 Å². The van der Waals surface area contributed by atoms with Crippen molar-refractivity contribution in [3.8, 4) is 6.07 Å². The third-order valence-electron chi connectivity index (χ3n) is 4.53. The van der Waals surface area contributed by atoms with E-state index >= 15 is 0 Å². The smallest absolute Gasteiger partial charge is 0.229 e. The maximum Gasteiger partial charge on any atom is 0.229 e. The molecule has 0 amide bonds. The zero-order valence-electron chi connectivity index (χ0n) is 15.6. The van der Waals surface area contributed by atoms with E-state index in [9.17, 15) is 0 Å². The van der Waals surface area contributed by atoms with E-state index < -0.39 is 0 Å². The van der Waals surface area contributed by atoms with E-state index in [2.05, 4.69) is 26.3 Å². The highest BCUT2D eigenvalue weighted by atomic mass is 35.5. The molecule has 29 heavy (non-hydrogen) atoms. The summed E-state index contributed by atoms with van der Waals surface area (Å²) < 4.78 is 0. The van der Waals surface area contributed by atoms with Crippen LogP contribution in [0.15, 0.2) is 36.5 Å². The first-order valence-corrected chi connectivity index (χ1v) is 8.83. The number of pyridine rings is 1. The Morgan fingerprint density at radius 1 is 1.21 bits per heavy atom. The van der Waals surface area contributed by atoms with Crippen LogP contribution in [0.25, 0.3) is 11.0 Å². The van der Waals surface area contributed by atoms with Crippen LogP contribution < -0.4 is 21.7 Å². The van der Waals surface area contributed by atoms with Gasteiger partial charge in [-0.25, -0.2) is 4.98 Å². The van der Waals surface area contributed by atoms with Crippen molar-refractivity contribution in [3.05, 3.63) is 42.1 Å². The number of halogens is 2. The summed E-state index contributed by atoms with van der Waals surface area (Å²) in [5, 5.41) is 12.3. The second-order valence-electron chi connectivity index (χ2n) is 6.67. The number of benzene rings is 1. The predicted molar refractivity (Wildman–Crippen MR) is 120 cm³/mol. The van der Waals surface area contributed by atoms with Crippen LogP contribution in [0.2, 0.25) is 0 Å². The number of piperidine rings is 1. The van der Waals surface area contributed by atoms with E-state index in [0.717, 1.165) is 42.8 Å². The second kappa shape index (κ2) is 9.56. The van der Waals surface area contributed by atoms with E-state index in [1.807, 2.05) is 12.1 Å². The van der Waals surface area contributed by atoms with E-state index in [1.165, 1.54) is 0 Å². The zero-order valence-corrected chi connectivity index (χ0v) is 17.2. The number of nitrogens with two attached hydrogens (primary N) is 2. The topological polar surface area (TPSA) is 130 Å². The van der Waals surface area contributed by atoms with Crippen molar-refractivity contribution < 1.29 is 0 Å². The van der Waals surface area contributed by atoms with Crippen LogP contribution in [0.3, 0.4) is 0 Å². The third kappa shape index (κ3) is 4.95. The highest BCUT2D eigenvalue weighted by Crippen LogP contribution is 2.27. The Balaban J connectivity index is 0.00000150. The number of anilines is 4. The minimum Gasteiger partial charge on any atom is -0.399 e. The first-order chi connectivity index (χ1) is 13.1. The SMILES string of the molecule is Cl.Cl.N#Cc1cc(N)cc(Nc2nc(N3CCCC(N)C3)c3ncccc3n2)c1. The molecule has 1 aromatic carbocycles. The van der Waals surface area contributed by atoms with Crippen LogP contribution in [-0.2, 0) is 0 Å². The Hall–Kier alpha value is -2.86. The summed E-state index contributed by atoms with van der Waals surface area (Å²) in [5.74, 6) is 1.20. The molecule has 1 saturated heterocycles. The van der Waals surface area contributed by atoms with Gasteiger partial charge in [0, 0.05) is 36.7 Å². The number of nitrogens with one attached hydrogen (secondary N) is 1. The molecule has 152 valence electrons. The van der Waals surface area contributed by atoms with Gasteiger partial charge in [-0.05, 0) is 43.2 Å². The number of hydrogen-bond acceptors (Lipinski definition) is 8. The third-order valence-corrected chi connectivity index (χ3v) is 4.53. The van der Waals surface area contributed by atoms with Crippen LogP contribution in [-0.4, -0.2) is 34.1 Å². The lowest BCUT2D eigenvalue weighted by Crippen LogP contribution is -2.43. The molecule has 2 aromatic heterocycles. The normalized spacial score (nSPS) is 15.7. The Bertz CT molecular complexity index is 1040. The van der Waals surface area contributed by atoms with Crippen LogP contribution in [0.1, 0.15) is 18.4 Å². The maximum atomic E-state index is 9.14. The summed E-state index contributed by atoms with van der Waals surface area (Å²) in [5.41, 5.74) is 15.2. The van der Waals surface area contributed by atoms with Gasteiger partial charge in [0.2, 0.25) is 5.95 Å². The summed E-state index contributed by atoms with van der Waals surface area (Å²) in [7, 11) is 0. The van der Waals surface area contributed by atoms with Gasteiger partial charge >= 0.3 is 0 Å². The fourth-order valence-corrected chi connectivity index (χ4v) is 3.35. The molecule has 5 N–H and O–H groups in total. The molecule has 0 radical (unpaired) electrons. The van der Waals surface area contributed by atoms with Gasteiger partial charge in [0.15, 0.2) is 5.82 Å². The van der Waals surface area contributed by atoms with Crippen LogP contribution in [0, 0.1) is 11.3 Å². The van der Waals surface area contributed by atoms with Gasteiger partial charge in [-0.2, -0.15) is 10.2 Å². The lowest BCUT2D eigenvalue weighted by atomic mass is 10.1. The Morgan fingerprint density at radius 3 is 2.79 bits per heavy atom. The van der Waals surface area contributed by atoms with E-state index in [4.69, 9.17) is 21.7 Å². The summed E-state index contributed by atoms with van der Waals surface area (Å²) in [6.07, 6.45) is 3.77. The molecule has 4 rings (SSSR count). The molecule has 1 aliphatic rings. The number of nitriles is 1. The molecule has 1 unspecified atom stereocenters. The van der Waals surface area contributed by atoms with Gasteiger partial charge in [0.25, 0.3) is 0 Å². The van der Waals surface area contributed by atoms with Crippen molar-refractivity contribution in [1.82, 2.24) is 15.0 Å². The van der Waals surface area contributed by atoms with Crippen LogP contribution in [0.4, 0.5) is 23.1 Å².